The van der Waals surface area contributed by atoms with Crippen LogP contribution in [0.15, 0.2) is 92.5 Å². The van der Waals surface area contributed by atoms with E-state index in [0.29, 0.717) is 0 Å². The molecule has 0 aliphatic rings. The molecule has 0 radical (unpaired) electrons. The van der Waals surface area contributed by atoms with Gasteiger partial charge in [-0.05, 0) is 33.4 Å². The van der Waals surface area contributed by atoms with Crippen LogP contribution in [0.3, 0.4) is 0 Å². The number of hydrogen-bond donors (Lipinski definition) is 0. The Balaban J connectivity index is 1.94. The smallest absolute Gasteiger partial charge is 0.0246 e. The molecule has 3 rings (SSSR count). The van der Waals surface area contributed by atoms with E-state index in [2.05, 4.69) is 97.4 Å². The summed E-state index contributed by atoms with van der Waals surface area (Å²) in [4.78, 5) is 2.47. The zero-order valence-electron chi connectivity index (χ0n) is 16.4. The highest BCUT2D eigenvalue weighted by Crippen LogP contribution is 2.21. The minimum absolute atomic E-state index is 0.846. The Morgan fingerprint density at radius 1 is 0.500 bits per heavy atom. The molecule has 0 unspecified atom stereocenters. The molecule has 0 fully saturated rings. The summed E-state index contributed by atoms with van der Waals surface area (Å²) in [7, 11) is 0. The highest BCUT2D eigenvalue weighted by Gasteiger charge is 2.13. The van der Waals surface area contributed by atoms with E-state index in [9.17, 15) is 0 Å². The maximum Gasteiger partial charge on any atom is 0.0246 e. The average molecular weight is 366 g/mol. The molecule has 0 atom stereocenters. The van der Waals surface area contributed by atoms with Crippen molar-refractivity contribution in [2.75, 3.05) is 0 Å². The fraction of sp³-hybridized carbons (Fsp3) is 0.111. The van der Waals surface area contributed by atoms with Crippen LogP contribution >= 0.6 is 0 Å². The molecule has 0 saturated carbocycles. The van der Waals surface area contributed by atoms with Crippen molar-refractivity contribution in [1.82, 2.24) is 4.90 Å². The molecule has 3 aromatic rings. The van der Waals surface area contributed by atoms with E-state index in [0.717, 1.165) is 19.6 Å². The molecule has 3 aromatic carbocycles. The second-order valence-electron chi connectivity index (χ2n) is 6.85. The molecular formula is C27H27N. The lowest BCUT2D eigenvalue weighted by molar-refractivity contribution is 0.247. The van der Waals surface area contributed by atoms with Gasteiger partial charge in [0.25, 0.3) is 0 Å². The second-order valence-corrected chi connectivity index (χ2v) is 6.85. The first kappa shape index (κ1) is 19.6. The van der Waals surface area contributed by atoms with Gasteiger partial charge in [-0.15, -0.1) is 0 Å². The summed E-state index contributed by atoms with van der Waals surface area (Å²) in [5, 5.41) is 0. The van der Waals surface area contributed by atoms with Gasteiger partial charge in [0.15, 0.2) is 0 Å². The maximum atomic E-state index is 3.98. The Kier molecular flexibility index (Phi) is 6.78. The molecule has 0 heterocycles. The van der Waals surface area contributed by atoms with Crippen molar-refractivity contribution in [1.29, 1.82) is 0 Å². The molecular weight excluding hydrogens is 338 g/mol. The van der Waals surface area contributed by atoms with Crippen LogP contribution in [0.2, 0.25) is 0 Å². The molecule has 28 heavy (non-hydrogen) atoms. The van der Waals surface area contributed by atoms with Crippen molar-refractivity contribution < 1.29 is 0 Å². The van der Waals surface area contributed by atoms with Crippen LogP contribution in [-0.2, 0) is 19.6 Å². The van der Waals surface area contributed by atoms with Crippen molar-refractivity contribution in [3.05, 3.63) is 126 Å². The van der Waals surface area contributed by atoms with E-state index >= 15 is 0 Å². The largest absolute Gasteiger partial charge is 0.291 e. The molecule has 0 saturated heterocycles. The maximum absolute atomic E-state index is 3.98. The van der Waals surface area contributed by atoms with Crippen molar-refractivity contribution >= 4 is 18.2 Å². The molecule has 140 valence electrons. The lowest BCUT2D eigenvalue weighted by Gasteiger charge is -2.25. The topological polar surface area (TPSA) is 3.24 Å². The molecule has 0 amide bonds. The minimum Gasteiger partial charge on any atom is -0.291 e. The van der Waals surface area contributed by atoms with E-state index in [1.54, 1.807) is 0 Å². The molecule has 0 spiro atoms. The van der Waals surface area contributed by atoms with E-state index in [1.807, 2.05) is 18.2 Å². The highest BCUT2D eigenvalue weighted by molar-refractivity contribution is 5.54. The fourth-order valence-corrected chi connectivity index (χ4v) is 3.52. The molecule has 0 bridgehead atoms. The Bertz CT molecular complexity index is 840. The molecule has 0 aliphatic heterocycles. The van der Waals surface area contributed by atoms with E-state index in [1.165, 1.54) is 33.4 Å². The summed E-state index contributed by atoms with van der Waals surface area (Å²) >= 11 is 0. The lowest BCUT2D eigenvalue weighted by Crippen LogP contribution is -2.23. The van der Waals surface area contributed by atoms with Crippen LogP contribution in [0, 0.1) is 0 Å². The lowest BCUT2D eigenvalue weighted by atomic mass is 10.0. The van der Waals surface area contributed by atoms with Gasteiger partial charge in [-0.1, -0.05) is 111 Å². The predicted octanol–water partition coefficient (Wildman–Crippen LogP) is 6.82. The van der Waals surface area contributed by atoms with E-state index in [-0.39, 0.29) is 0 Å². The average Bonchev–Trinajstić information content (AvgIpc) is 2.75. The Labute approximate surface area is 169 Å². The van der Waals surface area contributed by atoms with E-state index in [4.69, 9.17) is 0 Å². The van der Waals surface area contributed by atoms with Gasteiger partial charge in [0.2, 0.25) is 0 Å². The van der Waals surface area contributed by atoms with Crippen molar-refractivity contribution in [3.8, 4) is 0 Å². The monoisotopic (exact) mass is 365 g/mol. The van der Waals surface area contributed by atoms with Crippen LogP contribution < -0.4 is 0 Å². The number of nitrogens with zero attached hydrogens (tertiary/aromatic N) is 1. The molecule has 0 aliphatic carbocycles. The zero-order valence-corrected chi connectivity index (χ0v) is 16.4. The number of rotatable bonds is 9. The summed E-state index contributed by atoms with van der Waals surface area (Å²) < 4.78 is 0. The second kappa shape index (κ2) is 9.68. The van der Waals surface area contributed by atoms with Gasteiger partial charge < -0.3 is 0 Å². The predicted molar refractivity (Wildman–Crippen MR) is 123 cm³/mol. The standard InChI is InChI=1S/C27H27N/c1-4-22-13-7-10-16-25(22)19-28(20-26-17-11-8-14-23(26)5-2)21-27-18-12-9-15-24(27)6-3/h4-18H,1-3,19-21H2. The van der Waals surface area contributed by atoms with Gasteiger partial charge in [-0.25, -0.2) is 0 Å². The van der Waals surface area contributed by atoms with Crippen molar-refractivity contribution in [2.45, 2.75) is 19.6 Å². The third kappa shape index (κ3) is 4.76. The van der Waals surface area contributed by atoms with Gasteiger partial charge in [-0.3, -0.25) is 4.90 Å². The quantitative estimate of drug-likeness (QED) is 0.402. The summed E-state index contributed by atoms with van der Waals surface area (Å²) in [6.07, 6.45) is 5.80. The van der Waals surface area contributed by atoms with E-state index < -0.39 is 0 Å². The van der Waals surface area contributed by atoms with Gasteiger partial charge in [0, 0.05) is 19.6 Å². The van der Waals surface area contributed by atoms with Gasteiger partial charge in [0.1, 0.15) is 0 Å². The Morgan fingerprint density at radius 3 is 1.07 bits per heavy atom. The molecule has 0 N–H and O–H groups in total. The van der Waals surface area contributed by atoms with Gasteiger partial charge >= 0.3 is 0 Å². The third-order valence-electron chi connectivity index (χ3n) is 5.01. The summed E-state index contributed by atoms with van der Waals surface area (Å²) in [6, 6.07) is 25.4. The zero-order chi connectivity index (χ0) is 19.8. The fourth-order valence-electron chi connectivity index (χ4n) is 3.52. The summed E-state index contributed by atoms with van der Waals surface area (Å²) in [5.74, 6) is 0. The van der Waals surface area contributed by atoms with Crippen LogP contribution in [-0.4, -0.2) is 4.90 Å². The summed E-state index contributed by atoms with van der Waals surface area (Å²) in [6.45, 7) is 14.5. The minimum atomic E-state index is 0.846. The van der Waals surface area contributed by atoms with Crippen molar-refractivity contribution in [2.24, 2.45) is 0 Å². The van der Waals surface area contributed by atoms with Crippen LogP contribution in [0.1, 0.15) is 33.4 Å². The van der Waals surface area contributed by atoms with Gasteiger partial charge in [0.05, 0.1) is 0 Å². The highest BCUT2D eigenvalue weighted by atomic mass is 15.1. The van der Waals surface area contributed by atoms with Crippen molar-refractivity contribution in [3.63, 3.8) is 0 Å². The number of benzene rings is 3. The third-order valence-corrected chi connectivity index (χ3v) is 5.01. The molecule has 0 aromatic heterocycles. The number of hydrogen-bond acceptors (Lipinski definition) is 1. The molecule has 1 heteroatoms. The Morgan fingerprint density at radius 2 is 0.786 bits per heavy atom. The SMILES string of the molecule is C=Cc1ccccc1CN(Cc1ccccc1C=C)Cc1ccccc1C=C. The van der Waals surface area contributed by atoms with Crippen LogP contribution in [0.5, 0.6) is 0 Å². The first-order valence-electron chi connectivity index (χ1n) is 9.58. The van der Waals surface area contributed by atoms with Crippen LogP contribution in [0.25, 0.3) is 18.2 Å². The first-order chi connectivity index (χ1) is 13.7. The molecule has 1 nitrogen and oxygen atoms in total. The van der Waals surface area contributed by atoms with Gasteiger partial charge in [-0.2, -0.15) is 0 Å². The first-order valence-corrected chi connectivity index (χ1v) is 9.58. The Hall–Kier alpha value is -3.16. The normalized spacial score (nSPS) is 10.6. The summed E-state index contributed by atoms with van der Waals surface area (Å²) in [5.41, 5.74) is 7.39. The van der Waals surface area contributed by atoms with Crippen LogP contribution in [0.4, 0.5) is 0 Å².